The summed E-state index contributed by atoms with van der Waals surface area (Å²) in [4.78, 5) is 28.5. The van der Waals surface area contributed by atoms with Crippen molar-refractivity contribution in [3.8, 4) is 5.69 Å². The van der Waals surface area contributed by atoms with Crippen LogP contribution in [0.4, 0.5) is 10.2 Å². The van der Waals surface area contributed by atoms with Crippen LogP contribution in [0.15, 0.2) is 59.9 Å². The molecule has 0 saturated heterocycles. The van der Waals surface area contributed by atoms with E-state index >= 15 is 0 Å². The third-order valence-electron chi connectivity index (χ3n) is 4.90. The van der Waals surface area contributed by atoms with E-state index in [0.717, 1.165) is 0 Å². The van der Waals surface area contributed by atoms with E-state index < -0.39 is 11.9 Å². The summed E-state index contributed by atoms with van der Waals surface area (Å²) in [5.74, 6) is -0.143. The fraction of sp³-hybridized carbons (Fsp3) is 0.100. The van der Waals surface area contributed by atoms with Crippen molar-refractivity contribution >= 4 is 34.1 Å². The first-order valence-electron chi connectivity index (χ1n) is 9.13. The van der Waals surface area contributed by atoms with Crippen LogP contribution in [0.2, 0.25) is 5.15 Å². The topological polar surface area (TPSA) is 92.9 Å². The van der Waals surface area contributed by atoms with Gasteiger partial charge in [0.05, 0.1) is 29.0 Å². The Balaban J connectivity index is 1.69. The molecule has 4 heterocycles. The number of benzene rings is 1. The number of aromatic amines is 1. The van der Waals surface area contributed by atoms with Crippen LogP contribution in [-0.2, 0) is 0 Å². The van der Waals surface area contributed by atoms with Crippen molar-refractivity contribution in [2.75, 3.05) is 5.32 Å². The molecule has 1 atom stereocenters. The Morgan fingerprint density at radius 3 is 2.80 bits per heavy atom. The number of rotatable bonds is 4. The predicted octanol–water partition coefficient (Wildman–Crippen LogP) is 3.72. The first-order valence-corrected chi connectivity index (χ1v) is 9.51. The lowest BCUT2D eigenvalue weighted by molar-refractivity contribution is 0.639. The minimum atomic E-state index is -0.462. The molecule has 10 heteroatoms. The van der Waals surface area contributed by atoms with Crippen molar-refractivity contribution in [3.05, 3.63) is 82.3 Å². The number of imidazole rings is 1. The zero-order chi connectivity index (χ0) is 20.8. The molecule has 2 N–H and O–H groups in total. The number of nitrogens with one attached hydrogen (secondary N) is 2. The number of aromatic nitrogens is 6. The first-order chi connectivity index (χ1) is 14.5. The van der Waals surface area contributed by atoms with E-state index in [4.69, 9.17) is 11.6 Å². The zero-order valence-corrected chi connectivity index (χ0v) is 16.4. The summed E-state index contributed by atoms with van der Waals surface area (Å²) in [7, 11) is 0. The van der Waals surface area contributed by atoms with Crippen molar-refractivity contribution < 1.29 is 4.39 Å². The number of hydrogen-bond acceptors (Lipinski definition) is 5. The van der Waals surface area contributed by atoms with Gasteiger partial charge in [-0.1, -0.05) is 29.8 Å². The van der Waals surface area contributed by atoms with Gasteiger partial charge < -0.3 is 10.3 Å². The van der Waals surface area contributed by atoms with Crippen LogP contribution >= 0.6 is 11.6 Å². The Morgan fingerprint density at radius 2 is 2.00 bits per heavy atom. The van der Waals surface area contributed by atoms with E-state index in [-0.39, 0.29) is 16.2 Å². The highest BCUT2D eigenvalue weighted by atomic mass is 35.5. The van der Waals surface area contributed by atoms with E-state index in [1.807, 2.05) is 37.3 Å². The molecule has 30 heavy (non-hydrogen) atoms. The standard InChI is InChI=1S/C20H15ClFN7O/c1-11(27-19-17-13(22)8-24-18(17)25-10-26-19)14-7-16-23-9-15(21)29(16)20(30)28(14)12-5-3-2-4-6-12/h2-11H,1H3,(H2,24,25,26,27)/t11-/m1/s1. The first kappa shape index (κ1) is 18.3. The molecular weight excluding hydrogens is 409 g/mol. The van der Waals surface area contributed by atoms with Gasteiger partial charge in [0.25, 0.3) is 0 Å². The summed E-state index contributed by atoms with van der Waals surface area (Å²) in [6, 6.07) is 10.5. The van der Waals surface area contributed by atoms with Gasteiger partial charge in [-0.05, 0) is 19.1 Å². The predicted molar refractivity (Wildman–Crippen MR) is 112 cm³/mol. The SMILES string of the molecule is C[C@@H](Nc1ncnc2[nH]cc(F)c12)c1cc2ncc(Cl)n2c(=O)n1-c1ccccc1. The summed E-state index contributed by atoms with van der Waals surface area (Å²) in [6.07, 6.45) is 4.00. The lowest BCUT2D eigenvalue weighted by Gasteiger charge is -2.21. The average Bonchev–Trinajstić information content (AvgIpc) is 3.32. The highest BCUT2D eigenvalue weighted by Crippen LogP contribution is 2.27. The average molecular weight is 424 g/mol. The Hall–Kier alpha value is -3.72. The fourth-order valence-electron chi connectivity index (χ4n) is 3.51. The number of halogens is 2. The Labute approximate surface area is 174 Å². The molecular formula is C20H15ClFN7O. The van der Waals surface area contributed by atoms with E-state index in [1.54, 1.807) is 10.6 Å². The maximum absolute atomic E-state index is 14.2. The molecule has 0 spiro atoms. The van der Waals surface area contributed by atoms with Crippen molar-refractivity contribution in [3.63, 3.8) is 0 Å². The van der Waals surface area contributed by atoms with Crippen molar-refractivity contribution in [2.45, 2.75) is 13.0 Å². The zero-order valence-electron chi connectivity index (χ0n) is 15.7. The summed E-state index contributed by atoms with van der Waals surface area (Å²) in [5, 5.41) is 3.67. The molecule has 8 nitrogen and oxygen atoms in total. The van der Waals surface area contributed by atoms with Crippen LogP contribution in [-0.4, -0.2) is 28.9 Å². The quantitative estimate of drug-likeness (QED) is 0.459. The van der Waals surface area contributed by atoms with E-state index in [9.17, 15) is 9.18 Å². The van der Waals surface area contributed by atoms with Crippen LogP contribution < -0.4 is 11.0 Å². The van der Waals surface area contributed by atoms with Gasteiger partial charge in [-0.15, -0.1) is 0 Å². The molecule has 0 aliphatic rings. The van der Waals surface area contributed by atoms with Gasteiger partial charge in [-0.25, -0.2) is 28.5 Å². The number of nitrogens with zero attached hydrogens (tertiary/aromatic N) is 5. The molecule has 5 aromatic rings. The number of hydrogen-bond donors (Lipinski definition) is 2. The summed E-state index contributed by atoms with van der Waals surface area (Å²) < 4.78 is 17.1. The second-order valence-corrected chi connectivity index (χ2v) is 7.13. The molecule has 0 aliphatic carbocycles. The highest BCUT2D eigenvalue weighted by Gasteiger charge is 2.20. The number of fused-ring (bicyclic) bond motifs is 2. The van der Waals surface area contributed by atoms with Gasteiger partial charge in [-0.2, -0.15) is 0 Å². The molecule has 0 unspecified atom stereocenters. The van der Waals surface area contributed by atoms with Gasteiger partial charge in [-0.3, -0.25) is 4.57 Å². The van der Waals surface area contributed by atoms with Gasteiger partial charge in [0, 0.05) is 12.3 Å². The van der Waals surface area contributed by atoms with Crippen LogP contribution in [0, 0.1) is 5.82 Å². The maximum Gasteiger partial charge on any atom is 0.339 e. The van der Waals surface area contributed by atoms with Crippen LogP contribution in [0.3, 0.4) is 0 Å². The lowest BCUT2D eigenvalue weighted by Crippen LogP contribution is -2.30. The molecule has 4 aromatic heterocycles. The minimum Gasteiger partial charge on any atom is -0.361 e. The molecule has 0 amide bonds. The third-order valence-corrected chi connectivity index (χ3v) is 5.16. The molecule has 1 aromatic carbocycles. The van der Waals surface area contributed by atoms with Crippen molar-refractivity contribution in [1.82, 2.24) is 28.9 Å². The highest BCUT2D eigenvalue weighted by molar-refractivity contribution is 6.29. The van der Waals surface area contributed by atoms with Gasteiger partial charge >= 0.3 is 5.69 Å². The Morgan fingerprint density at radius 1 is 1.20 bits per heavy atom. The van der Waals surface area contributed by atoms with E-state index in [0.29, 0.717) is 28.5 Å². The van der Waals surface area contributed by atoms with Crippen LogP contribution in [0.25, 0.3) is 22.4 Å². The smallest absolute Gasteiger partial charge is 0.339 e. The normalized spacial score (nSPS) is 12.5. The van der Waals surface area contributed by atoms with Crippen molar-refractivity contribution in [2.24, 2.45) is 0 Å². The monoisotopic (exact) mass is 423 g/mol. The Bertz CT molecular complexity index is 1440. The maximum atomic E-state index is 14.2. The molecule has 0 saturated carbocycles. The van der Waals surface area contributed by atoms with Crippen LogP contribution in [0.5, 0.6) is 0 Å². The number of anilines is 1. The van der Waals surface area contributed by atoms with Crippen LogP contribution in [0.1, 0.15) is 18.7 Å². The van der Waals surface area contributed by atoms with Gasteiger partial charge in [0.15, 0.2) is 5.82 Å². The third kappa shape index (κ3) is 2.82. The fourth-order valence-corrected chi connectivity index (χ4v) is 3.72. The molecule has 150 valence electrons. The van der Waals surface area contributed by atoms with E-state index in [1.165, 1.54) is 23.1 Å². The Kier molecular flexibility index (Phi) is 4.25. The number of H-pyrrole nitrogens is 1. The molecule has 0 fully saturated rings. The molecule has 5 rings (SSSR count). The van der Waals surface area contributed by atoms with Gasteiger partial charge in [0.1, 0.15) is 28.6 Å². The number of para-hydroxylation sites is 1. The minimum absolute atomic E-state index is 0.221. The second-order valence-electron chi connectivity index (χ2n) is 6.75. The summed E-state index contributed by atoms with van der Waals surface area (Å²) >= 11 is 6.18. The van der Waals surface area contributed by atoms with E-state index in [2.05, 4.69) is 25.3 Å². The summed E-state index contributed by atoms with van der Waals surface area (Å²) in [6.45, 7) is 1.85. The molecule has 0 aliphatic heterocycles. The second kappa shape index (κ2) is 6.96. The van der Waals surface area contributed by atoms with Crippen molar-refractivity contribution in [1.29, 1.82) is 0 Å². The molecule has 0 radical (unpaired) electrons. The van der Waals surface area contributed by atoms with Gasteiger partial charge in [0.2, 0.25) is 0 Å². The molecule has 0 bridgehead atoms. The summed E-state index contributed by atoms with van der Waals surface area (Å²) in [5.41, 5.74) is 1.72. The lowest BCUT2D eigenvalue weighted by atomic mass is 10.2. The largest absolute Gasteiger partial charge is 0.361 e.